The van der Waals surface area contributed by atoms with Gasteiger partial charge >= 0.3 is 0 Å². The third-order valence-electron chi connectivity index (χ3n) is 4.94. The van der Waals surface area contributed by atoms with Gasteiger partial charge in [0.25, 0.3) is 0 Å². The Labute approximate surface area is 170 Å². The molecule has 150 valence electrons. The number of benzene rings is 1. The highest BCUT2D eigenvalue weighted by Gasteiger charge is 2.14. The summed E-state index contributed by atoms with van der Waals surface area (Å²) >= 11 is 0. The average Bonchev–Trinajstić information content (AvgIpc) is 3.44. The van der Waals surface area contributed by atoms with Crippen molar-refractivity contribution in [2.75, 3.05) is 0 Å². The highest BCUT2D eigenvalue weighted by atomic mass is 15.5. The third kappa shape index (κ3) is 3.96. The van der Waals surface area contributed by atoms with E-state index in [-0.39, 0.29) is 0 Å². The van der Waals surface area contributed by atoms with E-state index in [1.807, 2.05) is 6.20 Å². The van der Waals surface area contributed by atoms with E-state index < -0.39 is 0 Å². The Kier molecular flexibility index (Phi) is 5.50. The molecule has 0 aliphatic carbocycles. The highest BCUT2D eigenvalue weighted by molar-refractivity contribution is 5.59. The van der Waals surface area contributed by atoms with Gasteiger partial charge in [-0.2, -0.15) is 5.10 Å². The molecule has 0 amide bonds. The first-order valence-electron chi connectivity index (χ1n) is 10.1. The van der Waals surface area contributed by atoms with E-state index in [1.54, 1.807) is 0 Å². The second-order valence-corrected chi connectivity index (χ2v) is 7.24. The van der Waals surface area contributed by atoms with E-state index in [0.717, 1.165) is 60.8 Å². The maximum atomic E-state index is 4.72. The van der Waals surface area contributed by atoms with Crippen molar-refractivity contribution < 1.29 is 0 Å². The van der Waals surface area contributed by atoms with Gasteiger partial charge in [0.15, 0.2) is 11.6 Å². The van der Waals surface area contributed by atoms with Gasteiger partial charge in [-0.05, 0) is 59.5 Å². The number of nitrogens with one attached hydrogen (secondary N) is 1. The zero-order valence-electron chi connectivity index (χ0n) is 17.1. The summed E-state index contributed by atoms with van der Waals surface area (Å²) < 4.78 is 4.15. The summed E-state index contributed by atoms with van der Waals surface area (Å²) in [7, 11) is 0. The number of tetrazole rings is 1. The van der Waals surface area contributed by atoms with E-state index in [9.17, 15) is 0 Å². The minimum absolute atomic E-state index is 0.659. The van der Waals surface area contributed by atoms with Crippen LogP contribution in [0.15, 0.2) is 36.5 Å². The summed E-state index contributed by atoms with van der Waals surface area (Å²) in [6, 6.07) is 10.6. The van der Waals surface area contributed by atoms with Crippen LogP contribution in [0, 0.1) is 6.92 Å². The van der Waals surface area contributed by atoms with Gasteiger partial charge in [-0.1, -0.05) is 26.0 Å². The molecule has 1 N–H and O–H groups in total. The summed E-state index contributed by atoms with van der Waals surface area (Å²) in [5.74, 6) is 2.67. The standard InChI is InChI=1S/C21H26N8/c1-4-6-18-22-19(7-5-2)29(25-18)14-16-8-10-17(11-9-16)28-13-12-15(3)20(28)21-23-26-27-24-21/h8-13H,4-7,14H2,1-3H3,(H,23,24,26,27). The number of aromatic amines is 1. The molecular formula is C21H26N8. The van der Waals surface area contributed by atoms with Gasteiger partial charge in [0.2, 0.25) is 0 Å². The maximum absolute atomic E-state index is 4.72. The van der Waals surface area contributed by atoms with Crippen LogP contribution in [0.5, 0.6) is 0 Å². The van der Waals surface area contributed by atoms with Crippen molar-refractivity contribution in [2.24, 2.45) is 0 Å². The van der Waals surface area contributed by atoms with Gasteiger partial charge in [0.05, 0.1) is 12.2 Å². The van der Waals surface area contributed by atoms with Crippen molar-refractivity contribution >= 4 is 0 Å². The van der Waals surface area contributed by atoms with E-state index in [4.69, 9.17) is 10.1 Å². The van der Waals surface area contributed by atoms with E-state index >= 15 is 0 Å². The van der Waals surface area contributed by atoms with Crippen LogP contribution in [0.3, 0.4) is 0 Å². The fourth-order valence-corrected chi connectivity index (χ4v) is 3.53. The Morgan fingerprint density at radius 2 is 1.79 bits per heavy atom. The molecule has 0 radical (unpaired) electrons. The zero-order chi connectivity index (χ0) is 20.2. The normalized spacial score (nSPS) is 11.3. The molecule has 8 heteroatoms. The highest BCUT2D eigenvalue weighted by Crippen LogP contribution is 2.24. The third-order valence-corrected chi connectivity index (χ3v) is 4.94. The zero-order valence-corrected chi connectivity index (χ0v) is 17.1. The van der Waals surface area contributed by atoms with Crippen LogP contribution in [0.4, 0.5) is 0 Å². The second-order valence-electron chi connectivity index (χ2n) is 7.24. The summed E-state index contributed by atoms with van der Waals surface area (Å²) in [6.07, 6.45) is 6.04. The summed E-state index contributed by atoms with van der Waals surface area (Å²) in [6.45, 7) is 7.12. The van der Waals surface area contributed by atoms with Crippen LogP contribution in [0.1, 0.15) is 49.5 Å². The van der Waals surface area contributed by atoms with E-state index in [2.05, 4.69) is 81.0 Å². The molecule has 3 aromatic heterocycles. The Bertz CT molecular complexity index is 1060. The molecule has 29 heavy (non-hydrogen) atoms. The second kappa shape index (κ2) is 8.38. The Balaban J connectivity index is 1.59. The fraction of sp³-hybridized carbons (Fsp3) is 0.381. The molecule has 8 nitrogen and oxygen atoms in total. The number of hydrogen-bond donors (Lipinski definition) is 1. The summed E-state index contributed by atoms with van der Waals surface area (Å²) in [4.78, 5) is 4.72. The number of hydrogen-bond acceptors (Lipinski definition) is 5. The lowest BCUT2D eigenvalue weighted by molar-refractivity contribution is 0.623. The predicted octanol–water partition coefficient (Wildman–Crippen LogP) is 3.51. The number of aromatic nitrogens is 8. The lowest BCUT2D eigenvalue weighted by Crippen LogP contribution is -2.07. The smallest absolute Gasteiger partial charge is 0.196 e. The first kappa shape index (κ1) is 19.0. The first-order chi connectivity index (χ1) is 14.2. The molecule has 0 spiro atoms. The molecule has 4 rings (SSSR count). The number of rotatable bonds is 8. The lowest BCUT2D eigenvalue weighted by Gasteiger charge is -2.10. The summed E-state index contributed by atoms with van der Waals surface area (Å²) in [5, 5.41) is 19.0. The van der Waals surface area contributed by atoms with Gasteiger partial charge in [-0.25, -0.2) is 14.8 Å². The van der Waals surface area contributed by atoms with Crippen molar-refractivity contribution in [1.82, 2.24) is 40.0 Å². The van der Waals surface area contributed by atoms with E-state index in [0.29, 0.717) is 5.82 Å². The van der Waals surface area contributed by atoms with Gasteiger partial charge < -0.3 is 4.57 Å². The molecule has 0 saturated heterocycles. The average molecular weight is 390 g/mol. The Hall–Kier alpha value is -3.29. The molecule has 0 fully saturated rings. The van der Waals surface area contributed by atoms with Crippen molar-refractivity contribution in [3.8, 4) is 17.2 Å². The van der Waals surface area contributed by atoms with Crippen molar-refractivity contribution in [3.05, 3.63) is 59.3 Å². The van der Waals surface area contributed by atoms with Gasteiger partial charge in [-0.3, -0.25) is 0 Å². The van der Waals surface area contributed by atoms with Crippen molar-refractivity contribution in [2.45, 2.75) is 53.0 Å². The SMILES string of the molecule is CCCc1nc(CCC)n(Cc2ccc(-n3ccc(C)c3-c3nnn[nH]3)cc2)n1. The quantitative estimate of drug-likeness (QED) is 0.497. The molecule has 0 aliphatic rings. The van der Waals surface area contributed by atoms with Crippen LogP contribution in [-0.2, 0) is 19.4 Å². The van der Waals surface area contributed by atoms with Gasteiger partial charge in [-0.15, -0.1) is 5.10 Å². The molecule has 0 bridgehead atoms. The molecule has 0 unspecified atom stereocenters. The monoisotopic (exact) mass is 390 g/mol. The van der Waals surface area contributed by atoms with Crippen LogP contribution in [0.2, 0.25) is 0 Å². The minimum atomic E-state index is 0.659. The fourth-order valence-electron chi connectivity index (χ4n) is 3.53. The van der Waals surface area contributed by atoms with Crippen LogP contribution < -0.4 is 0 Å². The summed E-state index contributed by atoms with van der Waals surface area (Å²) in [5.41, 5.74) is 4.34. The molecule has 1 aromatic carbocycles. The Morgan fingerprint density at radius 1 is 1.00 bits per heavy atom. The van der Waals surface area contributed by atoms with E-state index in [1.165, 1.54) is 5.56 Å². The van der Waals surface area contributed by atoms with Crippen molar-refractivity contribution in [1.29, 1.82) is 0 Å². The largest absolute Gasteiger partial charge is 0.314 e. The van der Waals surface area contributed by atoms with Crippen LogP contribution in [0.25, 0.3) is 17.2 Å². The molecule has 0 aliphatic heterocycles. The Morgan fingerprint density at radius 3 is 2.48 bits per heavy atom. The van der Waals surface area contributed by atoms with Crippen molar-refractivity contribution in [3.63, 3.8) is 0 Å². The number of nitrogens with zero attached hydrogens (tertiary/aromatic N) is 7. The molecule has 0 atom stereocenters. The van der Waals surface area contributed by atoms with Gasteiger partial charge in [0.1, 0.15) is 5.82 Å². The number of aryl methyl sites for hydroxylation is 3. The predicted molar refractivity (Wildman–Crippen MR) is 111 cm³/mol. The van der Waals surface area contributed by atoms with Crippen LogP contribution >= 0.6 is 0 Å². The first-order valence-corrected chi connectivity index (χ1v) is 10.1. The lowest BCUT2D eigenvalue weighted by atomic mass is 10.2. The topological polar surface area (TPSA) is 90.1 Å². The molecular weight excluding hydrogens is 364 g/mol. The minimum Gasteiger partial charge on any atom is -0.314 e. The maximum Gasteiger partial charge on any atom is 0.196 e. The molecule has 3 heterocycles. The number of H-pyrrole nitrogens is 1. The van der Waals surface area contributed by atoms with Crippen LogP contribution in [-0.4, -0.2) is 40.0 Å². The van der Waals surface area contributed by atoms with Gasteiger partial charge in [0, 0.05) is 24.7 Å². The molecule has 4 aromatic rings. The molecule has 0 saturated carbocycles.